The largest absolute Gasteiger partial charge is 0.461 e. The van der Waals surface area contributed by atoms with Crippen molar-refractivity contribution in [2.75, 3.05) is 13.7 Å². The molecule has 0 spiro atoms. The lowest BCUT2D eigenvalue weighted by Gasteiger charge is -2.39. The van der Waals surface area contributed by atoms with E-state index in [1.807, 2.05) is 30.3 Å². The number of piperidine rings is 1. The van der Waals surface area contributed by atoms with Crippen molar-refractivity contribution >= 4 is 18.0 Å². The predicted octanol–water partition coefficient (Wildman–Crippen LogP) is 2.84. The van der Waals surface area contributed by atoms with Crippen molar-refractivity contribution in [1.29, 1.82) is 0 Å². The lowest BCUT2D eigenvalue weighted by Crippen LogP contribution is -2.50. The molecule has 1 aromatic rings. The summed E-state index contributed by atoms with van der Waals surface area (Å²) in [6.07, 6.45) is 0.409. The molecule has 2 rings (SSSR count). The Morgan fingerprint density at radius 1 is 1.12 bits per heavy atom. The van der Waals surface area contributed by atoms with Crippen molar-refractivity contribution in [2.45, 2.75) is 51.4 Å². The molecule has 0 N–H and O–H groups in total. The molecule has 0 aliphatic carbocycles. The van der Waals surface area contributed by atoms with Crippen LogP contribution in [0.2, 0.25) is 0 Å². The molecule has 0 saturated carbocycles. The van der Waals surface area contributed by atoms with E-state index < -0.39 is 12.2 Å². The van der Waals surface area contributed by atoms with Gasteiger partial charge in [0, 0.05) is 26.3 Å². The molecular weight excluding hydrogens is 338 g/mol. The van der Waals surface area contributed by atoms with E-state index in [4.69, 9.17) is 14.2 Å². The third-order valence-electron chi connectivity index (χ3n) is 4.37. The van der Waals surface area contributed by atoms with Gasteiger partial charge in [-0.2, -0.15) is 0 Å². The first kappa shape index (κ1) is 19.8. The molecule has 0 bridgehead atoms. The van der Waals surface area contributed by atoms with E-state index in [0.29, 0.717) is 19.3 Å². The minimum atomic E-state index is -0.485. The summed E-state index contributed by atoms with van der Waals surface area (Å²) in [6, 6.07) is 9.24. The van der Waals surface area contributed by atoms with E-state index in [-0.39, 0.29) is 30.6 Å². The van der Waals surface area contributed by atoms with Gasteiger partial charge in [-0.15, -0.1) is 0 Å². The van der Waals surface area contributed by atoms with Crippen LogP contribution < -0.4 is 0 Å². The smallest absolute Gasteiger partial charge is 0.409 e. The summed E-state index contributed by atoms with van der Waals surface area (Å²) in [4.78, 5) is 36.5. The van der Waals surface area contributed by atoms with Crippen LogP contribution in [0.1, 0.15) is 44.8 Å². The monoisotopic (exact) mass is 363 g/mol. The van der Waals surface area contributed by atoms with Gasteiger partial charge in [0.15, 0.2) is 0 Å². The van der Waals surface area contributed by atoms with Gasteiger partial charge >= 0.3 is 18.0 Å². The van der Waals surface area contributed by atoms with Crippen LogP contribution in [0.3, 0.4) is 0 Å². The zero-order valence-corrected chi connectivity index (χ0v) is 15.3. The fourth-order valence-electron chi connectivity index (χ4n) is 3.28. The molecule has 1 fully saturated rings. The summed E-state index contributed by atoms with van der Waals surface area (Å²) in [5.74, 6) is -0.752. The van der Waals surface area contributed by atoms with Gasteiger partial charge in [-0.25, -0.2) is 4.79 Å². The maximum absolute atomic E-state index is 12.2. The fraction of sp³-hybridized carbons (Fsp3) is 0.526. The normalized spacial score (nSPS) is 20.8. The third kappa shape index (κ3) is 5.47. The molecular formula is C19H25NO6. The Hall–Kier alpha value is -2.57. The van der Waals surface area contributed by atoms with Crippen molar-refractivity contribution < 1.29 is 28.6 Å². The van der Waals surface area contributed by atoms with Crippen molar-refractivity contribution in [3.05, 3.63) is 35.9 Å². The van der Waals surface area contributed by atoms with Crippen LogP contribution in [0.4, 0.5) is 4.79 Å². The van der Waals surface area contributed by atoms with Crippen LogP contribution in [-0.4, -0.2) is 48.7 Å². The van der Waals surface area contributed by atoms with Crippen LogP contribution in [0.25, 0.3) is 0 Å². The second kappa shape index (κ2) is 9.22. The Kier molecular flexibility index (Phi) is 7.00. The molecule has 1 aliphatic rings. The first-order chi connectivity index (χ1) is 12.4. The zero-order chi connectivity index (χ0) is 19.1. The number of hydrogen-bond donors (Lipinski definition) is 0. The van der Waals surface area contributed by atoms with E-state index in [9.17, 15) is 14.4 Å². The molecule has 0 unspecified atom stereocenters. The minimum Gasteiger partial charge on any atom is -0.461 e. The maximum atomic E-state index is 12.2. The summed E-state index contributed by atoms with van der Waals surface area (Å²) in [5, 5.41) is 0. The Morgan fingerprint density at radius 3 is 2.38 bits per heavy atom. The number of rotatable bonds is 5. The molecule has 0 aromatic heterocycles. The Morgan fingerprint density at radius 2 is 1.81 bits per heavy atom. The second-order valence-corrected chi connectivity index (χ2v) is 6.33. The molecule has 0 radical (unpaired) electrons. The van der Waals surface area contributed by atoms with Crippen LogP contribution in [0.15, 0.2) is 30.3 Å². The fourth-order valence-corrected chi connectivity index (χ4v) is 3.28. The number of amides is 1. The standard InChI is InChI=1S/C19H25NO6/c1-13(21)25-17-10-9-16(20(12-17)19(23)24-3)11-18(26-14(2)22)15-7-5-4-6-8-15/h4-8,16-18H,9-12H2,1-3H3/t16-,17-,18-/m1/s1. The van der Waals surface area contributed by atoms with E-state index >= 15 is 0 Å². The van der Waals surface area contributed by atoms with E-state index in [0.717, 1.165) is 5.56 Å². The number of carbonyl (C=O) groups excluding carboxylic acids is 3. The number of carbonyl (C=O) groups is 3. The topological polar surface area (TPSA) is 82.1 Å². The first-order valence-corrected chi connectivity index (χ1v) is 8.64. The Bertz CT molecular complexity index is 632. The lowest BCUT2D eigenvalue weighted by molar-refractivity contribution is -0.152. The zero-order valence-electron chi connectivity index (χ0n) is 15.3. The lowest BCUT2D eigenvalue weighted by atomic mass is 9.93. The number of methoxy groups -OCH3 is 1. The number of benzene rings is 1. The highest BCUT2D eigenvalue weighted by atomic mass is 16.6. The van der Waals surface area contributed by atoms with Crippen LogP contribution in [-0.2, 0) is 23.8 Å². The van der Waals surface area contributed by atoms with E-state index in [2.05, 4.69) is 0 Å². The van der Waals surface area contributed by atoms with Crippen molar-refractivity contribution in [3.8, 4) is 0 Å². The highest BCUT2D eigenvalue weighted by molar-refractivity contribution is 5.69. The first-order valence-electron chi connectivity index (χ1n) is 8.64. The summed E-state index contributed by atoms with van der Waals surface area (Å²) >= 11 is 0. The predicted molar refractivity (Wildman–Crippen MR) is 93.3 cm³/mol. The van der Waals surface area contributed by atoms with Gasteiger partial charge in [-0.3, -0.25) is 9.59 Å². The van der Waals surface area contributed by atoms with Gasteiger partial charge in [0.25, 0.3) is 0 Å². The van der Waals surface area contributed by atoms with Gasteiger partial charge in [-0.1, -0.05) is 30.3 Å². The molecule has 1 aromatic carbocycles. The number of ether oxygens (including phenoxy) is 3. The molecule has 3 atom stereocenters. The van der Waals surface area contributed by atoms with Gasteiger partial charge < -0.3 is 19.1 Å². The number of esters is 2. The summed E-state index contributed by atoms with van der Waals surface area (Å²) in [7, 11) is 1.32. The highest BCUT2D eigenvalue weighted by Crippen LogP contribution is 2.30. The van der Waals surface area contributed by atoms with Gasteiger partial charge in [-0.05, 0) is 18.4 Å². The third-order valence-corrected chi connectivity index (χ3v) is 4.37. The Balaban J connectivity index is 2.15. The molecule has 7 nitrogen and oxygen atoms in total. The molecule has 142 valence electrons. The molecule has 26 heavy (non-hydrogen) atoms. The average Bonchev–Trinajstić information content (AvgIpc) is 2.61. The number of likely N-dealkylation sites (tertiary alicyclic amines) is 1. The second-order valence-electron chi connectivity index (χ2n) is 6.33. The average molecular weight is 363 g/mol. The minimum absolute atomic E-state index is 0.182. The number of hydrogen-bond acceptors (Lipinski definition) is 6. The van der Waals surface area contributed by atoms with Crippen LogP contribution >= 0.6 is 0 Å². The summed E-state index contributed by atoms with van der Waals surface area (Å²) in [5.41, 5.74) is 0.870. The Labute approximate surface area is 153 Å². The van der Waals surface area contributed by atoms with Crippen LogP contribution in [0.5, 0.6) is 0 Å². The van der Waals surface area contributed by atoms with Crippen molar-refractivity contribution in [1.82, 2.24) is 4.90 Å². The van der Waals surface area contributed by atoms with Crippen LogP contribution in [0, 0.1) is 0 Å². The van der Waals surface area contributed by atoms with Crippen molar-refractivity contribution in [3.63, 3.8) is 0 Å². The van der Waals surface area contributed by atoms with Gasteiger partial charge in [0.2, 0.25) is 0 Å². The summed E-state index contributed by atoms with van der Waals surface area (Å²) in [6.45, 7) is 2.98. The summed E-state index contributed by atoms with van der Waals surface area (Å²) < 4.78 is 15.6. The van der Waals surface area contributed by atoms with Gasteiger partial charge in [0.05, 0.1) is 13.7 Å². The molecule has 1 heterocycles. The SMILES string of the molecule is COC(=O)N1C[C@H](OC(C)=O)CC[C@@H]1C[C@@H](OC(C)=O)c1ccccc1. The quantitative estimate of drug-likeness (QED) is 0.591. The van der Waals surface area contributed by atoms with E-state index in [1.165, 1.54) is 21.0 Å². The molecule has 1 aliphatic heterocycles. The van der Waals surface area contributed by atoms with Crippen molar-refractivity contribution in [2.24, 2.45) is 0 Å². The van der Waals surface area contributed by atoms with Gasteiger partial charge in [0.1, 0.15) is 12.2 Å². The van der Waals surface area contributed by atoms with E-state index in [1.54, 1.807) is 4.90 Å². The molecule has 1 amide bonds. The number of nitrogens with zero attached hydrogens (tertiary/aromatic N) is 1. The highest BCUT2D eigenvalue weighted by Gasteiger charge is 2.36. The molecule has 7 heteroatoms. The maximum Gasteiger partial charge on any atom is 0.409 e. The molecule has 1 saturated heterocycles.